The molecule has 0 saturated carbocycles. The van der Waals surface area contributed by atoms with Crippen molar-refractivity contribution in [2.24, 2.45) is 0 Å². The fourth-order valence-corrected chi connectivity index (χ4v) is 3.53. The Labute approximate surface area is 141 Å². The first-order chi connectivity index (χ1) is 10.8. The third-order valence-corrected chi connectivity index (χ3v) is 5.74. The minimum absolute atomic E-state index is 0.350. The number of hydrogen-bond donors (Lipinski definition) is 1. The van der Waals surface area contributed by atoms with Gasteiger partial charge in [-0.05, 0) is 51.3 Å². The third kappa shape index (κ3) is 4.26. The summed E-state index contributed by atoms with van der Waals surface area (Å²) in [7, 11) is 1.37. The quantitative estimate of drug-likeness (QED) is 0.674. The summed E-state index contributed by atoms with van der Waals surface area (Å²) < 4.78 is 25.8. The van der Waals surface area contributed by atoms with Crippen molar-refractivity contribution in [3.63, 3.8) is 0 Å². The first-order valence-corrected chi connectivity index (χ1v) is 8.90. The van der Waals surface area contributed by atoms with Crippen molar-refractivity contribution >= 4 is 17.3 Å². The topological polar surface area (TPSA) is 70.6 Å². The number of methoxy groups -OCH3 is 1. The summed E-state index contributed by atoms with van der Waals surface area (Å²) in [4.78, 5) is 11.6. The van der Waals surface area contributed by atoms with Crippen LogP contribution in [-0.4, -0.2) is 35.6 Å². The summed E-state index contributed by atoms with van der Waals surface area (Å²) in [6.07, 6.45) is 1.48. The average Bonchev–Trinajstić information content (AvgIpc) is 2.54. The monoisotopic (exact) mass is 339 g/mol. The molecule has 6 heteroatoms. The van der Waals surface area contributed by atoms with Crippen molar-refractivity contribution in [1.82, 2.24) is 4.72 Å². The highest BCUT2D eigenvalue weighted by Gasteiger charge is 2.41. The van der Waals surface area contributed by atoms with Crippen LogP contribution in [0, 0.1) is 0 Å². The van der Waals surface area contributed by atoms with Crippen LogP contribution in [0.4, 0.5) is 0 Å². The third-order valence-electron chi connectivity index (χ3n) is 4.05. The van der Waals surface area contributed by atoms with Crippen LogP contribution in [0.3, 0.4) is 0 Å². The van der Waals surface area contributed by atoms with Gasteiger partial charge in [-0.3, -0.25) is 0 Å². The van der Waals surface area contributed by atoms with Gasteiger partial charge in [-0.15, -0.1) is 4.72 Å². The Hall–Kier alpha value is -1.08. The Bertz CT molecular complexity index is 533. The predicted octanol–water partition coefficient (Wildman–Crippen LogP) is 2.53. The minimum Gasteiger partial charge on any atom is -0.598 e. The van der Waals surface area contributed by atoms with E-state index >= 15 is 0 Å². The summed E-state index contributed by atoms with van der Waals surface area (Å²) in [6.45, 7) is 7.08. The highest BCUT2D eigenvalue weighted by atomic mass is 32.2. The molecule has 0 spiro atoms. The maximum Gasteiger partial charge on any atom is 0.337 e. The predicted molar refractivity (Wildman–Crippen MR) is 90.5 cm³/mol. The normalized spacial score (nSPS) is 19.2. The second-order valence-electron chi connectivity index (χ2n) is 6.75. The van der Waals surface area contributed by atoms with Gasteiger partial charge in [-0.1, -0.05) is 12.1 Å². The van der Waals surface area contributed by atoms with Crippen LogP contribution >= 0.6 is 0 Å². The van der Waals surface area contributed by atoms with E-state index in [0.29, 0.717) is 18.8 Å². The summed E-state index contributed by atoms with van der Waals surface area (Å²) in [5, 5.41) is 0. The minimum atomic E-state index is -1.19. The maximum atomic E-state index is 12.6. The van der Waals surface area contributed by atoms with Gasteiger partial charge in [0, 0.05) is 24.6 Å². The highest BCUT2D eigenvalue weighted by Crippen LogP contribution is 2.34. The van der Waals surface area contributed by atoms with Crippen molar-refractivity contribution in [1.29, 1.82) is 0 Å². The molecule has 1 atom stereocenters. The number of carbonyl (C=O) groups excluding carboxylic acids is 1. The van der Waals surface area contributed by atoms with E-state index in [9.17, 15) is 9.35 Å². The average molecular weight is 339 g/mol. The summed E-state index contributed by atoms with van der Waals surface area (Å²) in [6, 6.07) is 7.31. The Morgan fingerprint density at radius 1 is 1.26 bits per heavy atom. The number of nitrogens with one attached hydrogen (secondary N) is 1. The Morgan fingerprint density at radius 2 is 1.83 bits per heavy atom. The second kappa shape index (κ2) is 7.21. The van der Waals surface area contributed by atoms with Gasteiger partial charge in [0.05, 0.1) is 18.2 Å². The van der Waals surface area contributed by atoms with Crippen molar-refractivity contribution < 1.29 is 18.8 Å². The van der Waals surface area contributed by atoms with Crippen LogP contribution in [0.5, 0.6) is 0 Å². The van der Waals surface area contributed by atoms with E-state index in [2.05, 4.69) is 4.72 Å². The molecule has 0 aliphatic carbocycles. The zero-order valence-electron chi connectivity index (χ0n) is 14.2. The van der Waals surface area contributed by atoms with Crippen LogP contribution in [0.1, 0.15) is 49.5 Å². The van der Waals surface area contributed by atoms with Gasteiger partial charge in [0.2, 0.25) is 0 Å². The molecule has 1 aromatic rings. The molecule has 1 saturated heterocycles. The molecule has 1 aliphatic rings. The molecule has 2 rings (SSSR count). The summed E-state index contributed by atoms with van der Waals surface area (Å²) in [5.74, 6) is -0.358. The van der Waals surface area contributed by atoms with E-state index in [-0.39, 0.29) is 10.7 Å². The van der Waals surface area contributed by atoms with Crippen LogP contribution in [-0.2, 0) is 26.4 Å². The SMILES string of the molecule is COC(=O)c1ccc(C2(N[S+]([O-])C(C)(C)C)CCOCC2)cc1. The van der Waals surface area contributed by atoms with E-state index < -0.39 is 16.9 Å². The maximum absolute atomic E-state index is 12.6. The zero-order chi connectivity index (χ0) is 17.1. The van der Waals surface area contributed by atoms with E-state index in [0.717, 1.165) is 18.4 Å². The summed E-state index contributed by atoms with van der Waals surface area (Å²) >= 11 is -1.19. The van der Waals surface area contributed by atoms with E-state index in [1.165, 1.54) is 7.11 Å². The molecule has 0 bridgehead atoms. The zero-order valence-corrected chi connectivity index (χ0v) is 15.0. The largest absolute Gasteiger partial charge is 0.598 e. The van der Waals surface area contributed by atoms with Crippen molar-refractivity contribution in [3.8, 4) is 0 Å². The number of carbonyl (C=O) groups is 1. The molecule has 1 heterocycles. The molecule has 1 fully saturated rings. The lowest BCUT2D eigenvalue weighted by Crippen LogP contribution is -2.53. The van der Waals surface area contributed by atoms with E-state index in [1.807, 2.05) is 32.9 Å². The molecule has 1 aliphatic heterocycles. The lowest BCUT2D eigenvalue weighted by atomic mass is 9.83. The molecule has 0 radical (unpaired) electrons. The molecule has 0 amide bonds. The molecule has 1 unspecified atom stereocenters. The van der Waals surface area contributed by atoms with Crippen LogP contribution in [0.25, 0.3) is 0 Å². The fraction of sp³-hybridized carbons (Fsp3) is 0.588. The van der Waals surface area contributed by atoms with Gasteiger partial charge in [-0.2, -0.15) is 0 Å². The van der Waals surface area contributed by atoms with Crippen LogP contribution in [0.2, 0.25) is 0 Å². The highest BCUT2D eigenvalue weighted by molar-refractivity contribution is 7.90. The number of benzene rings is 1. The fourth-order valence-electron chi connectivity index (χ4n) is 2.54. The van der Waals surface area contributed by atoms with Crippen LogP contribution < -0.4 is 4.72 Å². The molecule has 1 N–H and O–H groups in total. The number of hydrogen-bond acceptors (Lipinski definition) is 5. The van der Waals surface area contributed by atoms with Gasteiger partial charge in [-0.25, -0.2) is 4.79 Å². The Balaban J connectivity index is 2.29. The molecule has 23 heavy (non-hydrogen) atoms. The molecule has 128 valence electrons. The Kier molecular flexibility index (Phi) is 5.73. The van der Waals surface area contributed by atoms with Gasteiger partial charge in [0.15, 0.2) is 0 Å². The van der Waals surface area contributed by atoms with Gasteiger partial charge in [0.1, 0.15) is 4.75 Å². The van der Waals surface area contributed by atoms with Crippen molar-refractivity contribution in [2.45, 2.75) is 43.9 Å². The summed E-state index contributed by atoms with van der Waals surface area (Å²) in [5.41, 5.74) is 1.13. The lowest BCUT2D eigenvalue weighted by molar-refractivity contribution is 0.0455. The smallest absolute Gasteiger partial charge is 0.337 e. The molecule has 0 aromatic heterocycles. The van der Waals surface area contributed by atoms with Gasteiger partial charge < -0.3 is 14.0 Å². The molecular formula is C17H25NO4S. The molecule has 1 aromatic carbocycles. The first kappa shape index (κ1) is 18.3. The van der Waals surface area contributed by atoms with E-state index in [4.69, 9.17) is 9.47 Å². The number of ether oxygens (including phenoxy) is 2. The van der Waals surface area contributed by atoms with Crippen molar-refractivity contribution in [2.75, 3.05) is 20.3 Å². The van der Waals surface area contributed by atoms with Crippen molar-refractivity contribution in [3.05, 3.63) is 35.4 Å². The Morgan fingerprint density at radius 3 is 2.30 bits per heavy atom. The standard InChI is InChI=1S/C17H25NO4S/c1-16(2,3)23(20)18-17(9-11-22-12-10-17)14-7-5-13(6-8-14)15(19)21-4/h5-8,18H,9-12H2,1-4H3. The first-order valence-electron chi connectivity index (χ1n) is 7.75. The van der Waals surface area contributed by atoms with Crippen LogP contribution in [0.15, 0.2) is 24.3 Å². The number of rotatable bonds is 4. The van der Waals surface area contributed by atoms with Gasteiger partial charge in [0.25, 0.3) is 0 Å². The lowest BCUT2D eigenvalue weighted by Gasteiger charge is -2.40. The molecular weight excluding hydrogens is 314 g/mol. The molecule has 5 nitrogen and oxygen atoms in total. The van der Waals surface area contributed by atoms with Gasteiger partial charge >= 0.3 is 5.97 Å². The second-order valence-corrected chi connectivity index (χ2v) is 8.71. The number of esters is 1. The van der Waals surface area contributed by atoms with E-state index in [1.54, 1.807) is 12.1 Å².